The molecule has 0 amide bonds. The van der Waals surface area contributed by atoms with Gasteiger partial charge in [-0.3, -0.25) is 4.79 Å². The Kier molecular flexibility index (Phi) is 3.14. The van der Waals surface area contributed by atoms with Crippen molar-refractivity contribution in [3.05, 3.63) is 10.6 Å². The number of hydrogen-bond donors (Lipinski definition) is 0. The van der Waals surface area contributed by atoms with E-state index in [1.165, 1.54) is 11.5 Å². The summed E-state index contributed by atoms with van der Waals surface area (Å²) < 4.78 is 3.71. The molecule has 0 atom stereocenters. The highest BCUT2D eigenvalue weighted by Crippen LogP contribution is 2.12. The van der Waals surface area contributed by atoms with E-state index >= 15 is 0 Å². The number of aryl methyl sites for hydroxylation is 1. The van der Waals surface area contributed by atoms with Crippen LogP contribution < -0.4 is 0 Å². The molecule has 60 valence electrons. The van der Waals surface area contributed by atoms with Gasteiger partial charge < -0.3 is 0 Å². The zero-order chi connectivity index (χ0) is 8.27. The number of ketones is 1. The predicted octanol–water partition coefficient (Wildman–Crippen LogP) is 1.68. The summed E-state index contributed by atoms with van der Waals surface area (Å²) in [5.41, 5.74) is 0.805. The maximum atomic E-state index is 11.1. The van der Waals surface area contributed by atoms with Crippen molar-refractivity contribution in [2.75, 3.05) is 5.33 Å². The minimum absolute atomic E-state index is 0.0665. The Morgan fingerprint density at radius 1 is 1.73 bits per heavy atom. The van der Waals surface area contributed by atoms with Crippen LogP contribution in [-0.2, 0) is 6.42 Å². The summed E-state index contributed by atoms with van der Waals surface area (Å²) >= 11 is 4.27. The van der Waals surface area contributed by atoms with Crippen LogP contribution in [0.1, 0.15) is 22.3 Å². The van der Waals surface area contributed by atoms with Crippen molar-refractivity contribution in [1.29, 1.82) is 0 Å². The molecule has 0 radical (unpaired) electrons. The fraction of sp³-hybridized carbons (Fsp3) is 0.500. The highest BCUT2D eigenvalue weighted by Gasteiger charge is 2.12. The molecular formula is C6H7BrN2OS. The van der Waals surface area contributed by atoms with Crippen LogP contribution >= 0.6 is 27.5 Å². The van der Waals surface area contributed by atoms with Crippen molar-refractivity contribution in [3.8, 4) is 0 Å². The molecule has 0 fully saturated rings. The fourth-order valence-electron chi connectivity index (χ4n) is 0.712. The molecule has 0 aliphatic heterocycles. The Morgan fingerprint density at radius 3 is 3.00 bits per heavy atom. The first-order chi connectivity index (χ1) is 5.29. The number of aromatic nitrogens is 2. The lowest BCUT2D eigenvalue weighted by molar-refractivity contribution is 0.102. The molecule has 0 aliphatic rings. The number of alkyl halides is 1. The van der Waals surface area contributed by atoms with E-state index in [2.05, 4.69) is 25.5 Å². The summed E-state index contributed by atoms with van der Waals surface area (Å²) in [6.07, 6.45) is 0.768. The maximum absolute atomic E-state index is 11.1. The van der Waals surface area contributed by atoms with Crippen LogP contribution in [0.15, 0.2) is 0 Å². The van der Waals surface area contributed by atoms with E-state index in [9.17, 15) is 4.79 Å². The Morgan fingerprint density at radius 2 is 2.45 bits per heavy atom. The molecule has 0 aromatic carbocycles. The van der Waals surface area contributed by atoms with E-state index < -0.39 is 0 Å². The molecule has 11 heavy (non-hydrogen) atoms. The van der Waals surface area contributed by atoms with Gasteiger partial charge in [0.1, 0.15) is 4.88 Å². The Bertz CT molecular complexity index is 261. The average Bonchev–Trinajstić information content (AvgIpc) is 2.50. The van der Waals surface area contributed by atoms with Gasteiger partial charge in [0, 0.05) is 0 Å². The second-order valence-electron chi connectivity index (χ2n) is 1.96. The lowest BCUT2D eigenvalue weighted by Crippen LogP contribution is -2.00. The van der Waals surface area contributed by atoms with E-state index in [1.54, 1.807) is 0 Å². The van der Waals surface area contributed by atoms with Gasteiger partial charge in [0.25, 0.3) is 0 Å². The minimum Gasteiger partial charge on any atom is -0.292 e. The topological polar surface area (TPSA) is 42.9 Å². The molecule has 0 saturated carbocycles. The van der Waals surface area contributed by atoms with Gasteiger partial charge in [0.15, 0.2) is 5.78 Å². The van der Waals surface area contributed by atoms with Gasteiger partial charge in [-0.15, -0.1) is 5.10 Å². The van der Waals surface area contributed by atoms with E-state index in [1.807, 2.05) is 6.92 Å². The van der Waals surface area contributed by atoms with Crippen LogP contribution in [0.4, 0.5) is 0 Å². The summed E-state index contributed by atoms with van der Waals surface area (Å²) in [6.45, 7) is 1.96. The van der Waals surface area contributed by atoms with Crippen LogP contribution in [0.2, 0.25) is 0 Å². The number of hydrogen-bond acceptors (Lipinski definition) is 4. The van der Waals surface area contributed by atoms with Gasteiger partial charge in [-0.2, -0.15) is 0 Å². The number of Topliss-reactive ketones (excluding diaryl/α,β-unsaturated/α-hetero) is 1. The molecule has 0 spiro atoms. The molecule has 0 saturated heterocycles. The van der Waals surface area contributed by atoms with E-state index in [4.69, 9.17) is 0 Å². The first-order valence-corrected chi connectivity index (χ1v) is 5.09. The second kappa shape index (κ2) is 3.92. The Labute approximate surface area is 77.1 Å². The third-order valence-electron chi connectivity index (χ3n) is 1.27. The first-order valence-electron chi connectivity index (χ1n) is 3.20. The molecule has 1 rings (SSSR count). The zero-order valence-corrected chi connectivity index (χ0v) is 8.41. The van der Waals surface area contributed by atoms with Crippen LogP contribution in [0.25, 0.3) is 0 Å². The summed E-state index contributed by atoms with van der Waals surface area (Å²) in [5.74, 6) is 0.0665. The van der Waals surface area contributed by atoms with Gasteiger partial charge in [0.2, 0.25) is 0 Å². The van der Waals surface area contributed by atoms with E-state index in [0.29, 0.717) is 10.2 Å². The molecule has 0 unspecified atom stereocenters. The number of nitrogens with zero attached hydrogens (tertiary/aromatic N) is 2. The van der Waals surface area contributed by atoms with Crippen molar-refractivity contribution in [2.45, 2.75) is 13.3 Å². The number of carbonyl (C=O) groups is 1. The first kappa shape index (κ1) is 8.80. The SMILES string of the molecule is CCc1nnsc1C(=O)CBr. The highest BCUT2D eigenvalue weighted by atomic mass is 79.9. The van der Waals surface area contributed by atoms with Crippen LogP contribution in [0.3, 0.4) is 0 Å². The predicted molar refractivity (Wildman–Crippen MR) is 47.4 cm³/mol. The van der Waals surface area contributed by atoms with Crippen molar-refractivity contribution in [3.63, 3.8) is 0 Å². The van der Waals surface area contributed by atoms with Crippen LogP contribution in [-0.4, -0.2) is 20.7 Å². The molecule has 1 aromatic heterocycles. The van der Waals surface area contributed by atoms with Crippen LogP contribution in [0.5, 0.6) is 0 Å². The largest absolute Gasteiger partial charge is 0.292 e. The molecule has 1 heterocycles. The highest BCUT2D eigenvalue weighted by molar-refractivity contribution is 9.09. The smallest absolute Gasteiger partial charge is 0.186 e. The second-order valence-corrected chi connectivity index (χ2v) is 3.27. The fourth-order valence-corrected chi connectivity index (χ4v) is 1.86. The third kappa shape index (κ3) is 1.84. The average molecular weight is 235 g/mol. The molecule has 0 N–H and O–H groups in total. The van der Waals surface area contributed by atoms with Gasteiger partial charge in [-0.05, 0) is 18.0 Å². The van der Waals surface area contributed by atoms with Gasteiger partial charge >= 0.3 is 0 Å². The lowest BCUT2D eigenvalue weighted by atomic mass is 10.2. The van der Waals surface area contributed by atoms with E-state index in [0.717, 1.165) is 12.1 Å². The standard InChI is InChI=1S/C6H7BrN2OS/c1-2-4-6(5(10)3-7)11-9-8-4/h2-3H2,1H3. The van der Waals surface area contributed by atoms with Crippen molar-refractivity contribution in [1.82, 2.24) is 9.59 Å². The maximum Gasteiger partial charge on any atom is 0.186 e. The normalized spacial score (nSPS) is 10.0. The molecule has 0 aliphatic carbocycles. The Balaban J connectivity index is 2.92. The van der Waals surface area contributed by atoms with Crippen molar-refractivity contribution in [2.24, 2.45) is 0 Å². The Hall–Kier alpha value is -0.290. The summed E-state index contributed by atoms with van der Waals surface area (Å²) in [4.78, 5) is 11.8. The number of carbonyl (C=O) groups excluding carboxylic acids is 1. The summed E-state index contributed by atoms with van der Waals surface area (Å²) in [6, 6.07) is 0. The molecule has 1 aromatic rings. The lowest BCUT2D eigenvalue weighted by Gasteiger charge is -1.91. The quantitative estimate of drug-likeness (QED) is 0.591. The minimum atomic E-state index is 0.0665. The monoisotopic (exact) mass is 234 g/mol. The van der Waals surface area contributed by atoms with Gasteiger partial charge in [-0.1, -0.05) is 27.3 Å². The molecule has 5 heteroatoms. The van der Waals surface area contributed by atoms with Gasteiger partial charge in [0.05, 0.1) is 11.0 Å². The van der Waals surface area contributed by atoms with Gasteiger partial charge in [-0.25, -0.2) is 0 Å². The molecule has 3 nitrogen and oxygen atoms in total. The van der Waals surface area contributed by atoms with Crippen molar-refractivity contribution < 1.29 is 4.79 Å². The number of halogens is 1. The molecule has 0 bridgehead atoms. The summed E-state index contributed by atoms with van der Waals surface area (Å²) in [5, 5.41) is 4.18. The summed E-state index contributed by atoms with van der Waals surface area (Å²) in [7, 11) is 0. The van der Waals surface area contributed by atoms with E-state index in [-0.39, 0.29) is 5.78 Å². The third-order valence-corrected chi connectivity index (χ3v) is 2.58. The molecular weight excluding hydrogens is 228 g/mol. The van der Waals surface area contributed by atoms with Crippen LogP contribution in [0, 0.1) is 0 Å². The van der Waals surface area contributed by atoms with Crippen molar-refractivity contribution >= 4 is 33.2 Å². The number of rotatable bonds is 3. The zero-order valence-electron chi connectivity index (χ0n) is 6.00.